The maximum atomic E-state index is 14.8. The van der Waals surface area contributed by atoms with Crippen LogP contribution in [0.1, 0.15) is 12.5 Å². The molecule has 0 aromatic heterocycles. The molecule has 5 nitrogen and oxygen atoms in total. The van der Waals surface area contributed by atoms with Crippen molar-refractivity contribution in [3.05, 3.63) is 87.1 Å². The standard InChI is InChI=1S/C24H19Cl3FNO4/c1-2-32-19(31)14-29(15-9-5-3-6-10-15)18(30)13-17-20(25)23(28)22(27)24(21(17)26)33-16-11-7-4-8-12-16/h3-12H,2,13-14H2,1H3. The summed E-state index contributed by atoms with van der Waals surface area (Å²) in [5, 5.41) is -0.910. The van der Waals surface area contributed by atoms with Crippen molar-refractivity contribution in [3.63, 3.8) is 0 Å². The Kier molecular flexibility index (Phi) is 8.55. The predicted octanol–water partition coefficient (Wildman–Crippen LogP) is 6.72. The molecule has 3 aromatic carbocycles. The van der Waals surface area contributed by atoms with Crippen LogP contribution in [0.2, 0.25) is 15.1 Å². The zero-order chi connectivity index (χ0) is 24.0. The summed E-state index contributed by atoms with van der Waals surface area (Å²) in [6, 6.07) is 17.0. The molecule has 33 heavy (non-hydrogen) atoms. The topological polar surface area (TPSA) is 55.8 Å². The number of rotatable bonds is 8. The number of benzene rings is 3. The molecule has 0 N–H and O–H groups in total. The van der Waals surface area contributed by atoms with Crippen LogP contribution in [0.3, 0.4) is 0 Å². The first-order valence-electron chi connectivity index (χ1n) is 9.92. The zero-order valence-corrected chi connectivity index (χ0v) is 19.8. The molecule has 0 fully saturated rings. The summed E-state index contributed by atoms with van der Waals surface area (Å²) in [6.45, 7) is 1.49. The predicted molar refractivity (Wildman–Crippen MR) is 127 cm³/mol. The van der Waals surface area contributed by atoms with E-state index in [0.717, 1.165) is 0 Å². The van der Waals surface area contributed by atoms with Crippen LogP contribution in [-0.4, -0.2) is 25.0 Å². The average molecular weight is 511 g/mol. The van der Waals surface area contributed by atoms with Gasteiger partial charge in [-0.2, -0.15) is 0 Å². The quantitative estimate of drug-likeness (QED) is 0.192. The van der Waals surface area contributed by atoms with Crippen molar-refractivity contribution in [3.8, 4) is 11.5 Å². The highest BCUT2D eigenvalue weighted by Gasteiger charge is 2.27. The van der Waals surface area contributed by atoms with E-state index in [-0.39, 0.29) is 29.5 Å². The van der Waals surface area contributed by atoms with E-state index in [2.05, 4.69) is 0 Å². The Morgan fingerprint density at radius 1 is 0.909 bits per heavy atom. The van der Waals surface area contributed by atoms with E-state index < -0.39 is 34.2 Å². The lowest BCUT2D eigenvalue weighted by Gasteiger charge is -2.23. The minimum Gasteiger partial charge on any atom is -0.465 e. The molecule has 0 aliphatic rings. The largest absolute Gasteiger partial charge is 0.465 e. The van der Waals surface area contributed by atoms with Crippen LogP contribution in [0.15, 0.2) is 60.7 Å². The first-order valence-corrected chi connectivity index (χ1v) is 11.1. The summed E-state index contributed by atoms with van der Waals surface area (Å²) in [6.07, 6.45) is -0.412. The molecule has 3 aromatic rings. The van der Waals surface area contributed by atoms with E-state index in [1.165, 1.54) is 4.90 Å². The Morgan fingerprint density at radius 3 is 2.12 bits per heavy atom. The Hall–Kier alpha value is -2.80. The smallest absolute Gasteiger partial charge is 0.326 e. The molecule has 9 heteroatoms. The van der Waals surface area contributed by atoms with Crippen molar-refractivity contribution < 1.29 is 23.5 Å². The van der Waals surface area contributed by atoms with E-state index in [0.29, 0.717) is 11.4 Å². The number of esters is 1. The van der Waals surface area contributed by atoms with Gasteiger partial charge < -0.3 is 14.4 Å². The summed E-state index contributed by atoms with van der Waals surface area (Å²) < 4.78 is 25.5. The SMILES string of the molecule is CCOC(=O)CN(C(=O)Cc1c(Cl)c(F)c(Cl)c(Oc2ccccc2)c1Cl)c1ccccc1. The van der Waals surface area contributed by atoms with E-state index in [1.807, 2.05) is 0 Å². The minimum atomic E-state index is -0.965. The molecular formula is C24H19Cl3FNO4. The third kappa shape index (κ3) is 5.96. The van der Waals surface area contributed by atoms with Gasteiger partial charge in [-0.15, -0.1) is 0 Å². The van der Waals surface area contributed by atoms with E-state index in [4.69, 9.17) is 44.3 Å². The summed E-state index contributed by atoms with van der Waals surface area (Å²) in [7, 11) is 0. The van der Waals surface area contributed by atoms with Gasteiger partial charge in [-0.25, -0.2) is 4.39 Å². The van der Waals surface area contributed by atoms with Gasteiger partial charge in [0.05, 0.1) is 23.1 Å². The van der Waals surface area contributed by atoms with E-state index in [9.17, 15) is 14.0 Å². The summed E-state index contributed by atoms with van der Waals surface area (Å²) >= 11 is 18.7. The van der Waals surface area contributed by atoms with Gasteiger partial charge in [0.1, 0.15) is 17.3 Å². The molecule has 0 aliphatic carbocycles. The van der Waals surface area contributed by atoms with Crippen LogP contribution in [0, 0.1) is 5.82 Å². The number of amides is 1. The summed E-state index contributed by atoms with van der Waals surface area (Å²) in [5.74, 6) is -1.90. The van der Waals surface area contributed by atoms with Crippen LogP contribution >= 0.6 is 34.8 Å². The van der Waals surface area contributed by atoms with Gasteiger partial charge in [0.25, 0.3) is 0 Å². The molecule has 0 spiro atoms. The number of hydrogen-bond acceptors (Lipinski definition) is 4. The molecule has 0 aliphatic heterocycles. The van der Waals surface area contributed by atoms with Gasteiger partial charge >= 0.3 is 5.97 Å². The minimum absolute atomic E-state index is 0.0130. The summed E-state index contributed by atoms with van der Waals surface area (Å²) in [5.41, 5.74) is 0.443. The lowest BCUT2D eigenvalue weighted by Crippen LogP contribution is -2.37. The second-order valence-electron chi connectivity index (χ2n) is 6.78. The fourth-order valence-electron chi connectivity index (χ4n) is 3.02. The molecule has 3 rings (SSSR count). The van der Waals surface area contributed by atoms with Crippen molar-refractivity contribution in [1.82, 2.24) is 0 Å². The molecular weight excluding hydrogens is 492 g/mol. The second kappa shape index (κ2) is 11.4. The fourth-order valence-corrected chi connectivity index (χ4v) is 3.95. The number of anilines is 1. The number of carbonyl (C=O) groups excluding carboxylic acids is 2. The fraction of sp³-hybridized carbons (Fsp3) is 0.167. The average Bonchev–Trinajstić information content (AvgIpc) is 2.83. The number of halogens is 4. The van der Waals surface area contributed by atoms with Gasteiger partial charge in [-0.1, -0.05) is 71.2 Å². The monoisotopic (exact) mass is 509 g/mol. The molecule has 0 unspecified atom stereocenters. The number of para-hydroxylation sites is 2. The molecule has 0 atom stereocenters. The first-order chi connectivity index (χ1) is 15.8. The van der Waals surface area contributed by atoms with Crippen molar-refractivity contribution in [2.24, 2.45) is 0 Å². The van der Waals surface area contributed by atoms with Gasteiger partial charge in [0, 0.05) is 11.3 Å². The van der Waals surface area contributed by atoms with Crippen molar-refractivity contribution in [2.75, 3.05) is 18.1 Å². The highest BCUT2D eigenvalue weighted by molar-refractivity contribution is 6.41. The van der Waals surface area contributed by atoms with Crippen LogP contribution in [0.5, 0.6) is 11.5 Å². The maximum absolute atomic E-state index is 14.8. The Morgan fingerprint density at radius 2 is 1.52 bits per heavy atom. The van der Waals surface area contributed by atoms with E-state index >= 15 is 0 Å². The zero-order valence-electron chi connectivity index (χ0n) is 17.5. The van der Waals surface area contributed by atoms with Crippen LogP contribution in [0.25, 0.3) is 0 Å². The van der Waals surface area contributed by atoms with Crippen molar-refractivity contribution in [2.45, 2.75) is 13.3 Å². The molecule has 0 saturated carbocycles. The van der Waals surface area contributed by atoms with Crippen molar-refractivity contribution >= 4 is 52.4 Å². The number of nitrogens with zero attached hydrogens (tertiary/aromatic N) is 1. The van der Waals surface area contributed by atoms with Crippen molar-refractivity contribution in [1.29, 1.82) is 0 Å². The van der Waals surface area contributed by atoms with Crippen LogP contribution in [-0.2, 0) is 20.7 Å². The number of ether oxygens (including phenoxy) is 2. The molecule has 0 bridgehead atoms. The van der Waals surface area contributed by atoms with Gasteiger partial charge in [0.2, 0.25) is 5.91 Å². The molecule has 0 heterocycles. The number of hydrogen-bond donors (Lipinski definition) is 0. The lowest BCUT2D eigenvalue weighted by molar-refractivity contribution is -0.142. The lowest BCUT2D eigenvalue weighted by atomic mass is 10.1. The maximum Gasteiger partial charge on any atom is 0.326 e. The second-order valence-corrected chi connectivity index (χ2v) is 7.91. The number of carbonyl (C=O) groups is 2. The first kappa shape index (κ1) is 24.8. The highest BCUT2D eigenvalue weighted by Crippen LogP contribution is 2.44. The third-order valence-corrected chi connectivity index (χ3v) is 5.70. The third-order valence-electron chi connectivity index (χ3n) is 4.57. The van der Waals surface area contributed by atoms with Crippen LogP contribution < -0.4 is 9.64 Å². The normalized spacial score (nSPS) is 10.6. The van der Waals surface area contributed by atoms with Gasteiger partial charge in [0.15, 0.2) is 11.6 Å². The molecule has 0 saturated heterocycles. The summed E-state index contributed by atoms with van der Waals surface area (Å²) in [4.78, 5) is 26.6. The Labute approximate surface area is 205 Å². The van der Waals surface area contributed by atoms with E-state index in [1.54, 1.807) is 67.6 Å². The molecule has 1 amide bonds. The Bertz CT molecular complexity index is 1140. The van der Waals surface area contributed by atoms with Gasteiger partial charge in [-0.3, -0.25) is 9.59 Å². The molecule has 0 radical (unpaired) electrons. The molecule has 172 valence electrons. The highest BCUT2D eigenvalue weighted by atomic mass is 35.5. The Balaban J connectivity index is 1.97. The van der Waals surface area contributed by atoms with Crippen LogP contribution in [0.4, 0.5) is 10.1 Å². The van der Waals surface area contributed by atoms with Gasteiger partial charge in [-0.05, 0) is 31.2 Å².